The topological polar surface area (TPSA) is 76.0 Å². The molecule has 0 unspecified atom stereocenters. The zero-order chi connectivity index (χ0) is 20.3. The fraction of sp³-hybridized carbons (Fsp3) is 0.227. The molecule has 0 saturated carbocycles. The summed E-state index contributed by atoms with van der Waals surface area (Å²) < 4.78 is 1.89. The first-order valence-corrected chi connectivity index (χ1v) is 9.12. The van der Waals surface area contributed by atoms with Crippen molar-refractivity contribution in [3.05, 3.63) is 76.6 Å². The summed E-state index contributed by atoms with van der Waals surface area (Å²) in [5, 5.41) is 10.2. The summed E-state index contributed by atoms with van der Waals surface area (Å²) in [6.07, 6.45) is 0. The number of carbonyl (C=O) groups is 2. The lowest BCUT2D eigenvalue weighted by Gasteiger charge is -2.10. The van der Waals surface area contributed by atoms with Crippen LogP contribution in [-0.2, 0) is 6.54 Å². The lowest BCUT2D eigenvalue weighted by molar-refractivity contribution is 0.101. The van der Waals surface area contributed by atoms with Gasteiger partial charge < -0.3 is 10.6 Å². The maximum atomic E-state index is 12.4. The van der Waals surface area contributed by atoms with Crippen LogP contribution in [0.25, 0.3) is 0 Å². The van der Waals surface area contributed by atoms with E-state index < -0.39 is 0 Å². The van der Waals surface area contributed by atoms with Crippen molar-refractivity contribution in [1.29, 1.82) is 0 Å². The quantitative estimate of drug-likeness (QED) is 0.634. The Morgan fingerprint density at radius 3 is 2.46 bits per heavy atom. The first-order chi connectivity index (χ1) is 13.3. The predicted molar refractivity (Wildman–Crippen MR) is 111 cm³/mol. The van der Waals surface area contributed by atoms with Crippen LogP contribution < -0.4 is 10.6 Å². The molecular weight excluding hydrogens is 352 g/mol. The molecule has 2 aromatic carbocycles. The van der Waals surface area contributed by atoms with Gasteiger partial charge in [-0.15, -0.1) is 0 Å². The summed E-state index contributed by atoms with van der Waals surface area (Å²) >= 11 is 0. The molecule has 0 aliphatic rings. The van der Waals surface area contributed by atoms with Gasteiger partial charge >= 0.3 is 6.03 Å². The predicted octanol–water partition coefficient (Wildman–Crippen LogP) is 4.70. The molecule has 2 amide bonds. The first-order valence-electron chi connectivity index (χ1n) is 9.12. The molecule has 0 bridgehead atoms. The number of urea groups is 1. The summed E-state index contributed by atoms with van der Waals surface area (Å²) in [4.78, 5) is 23.9. The standard InChI is InChI=1S/C22H24N4O2/c1-14-7-5-8-18(11-14)13-26-16(3)21(15(2)25-26)24-22(28)23-20-10-6-9-19(12-20)17(4)27/h5-12H,13H2,1-4H3,(H2,23,24,28). The Hall–Kier alpha value is -3.41. The van der Waals surface area contributed by atoms with Crippen LogP contribution in [0.4, 0.5) is 16.2 Å². The molecule has 1 heterocycles. The van der Waals surface area contributed by atoms with E-state index in [1.807, 2.05) is 24.6 Å². The van der Waals surface area contributed by atoms with Crippen LogP contribution in [0.5, 0.6) is 0 Å². The Balaban J connectivity index is 1.73. The second-order valence-electron chi connectivity index (χ2n) is 6.91. The monoisotopic (exact) mass is 376 g/mol. The molecular formula is C22H24N4O2. The van der Waals surface area contributed by atoms with Crippen molar-refractivity contribution in [3.63, 3.8) is 0 Å². The maximum Gasteiger partial charge on any atom is 0.323 e. The van der Waals surface area contributed by atoms with Gasteiger partial charge in [0.05, 0.1) is 23.6 Å². The van der Waals surface area contributed by atoms with Gasteiger partial charge in [0.2, 0.25) is 0 Å². The van der Waals surface area contributed by atoms with Gasteiger partial charge in [0.25, 0.3) is 0 Å². The van der Waals surface area contributed by atoms with Crippen molar-refractivity contribution in [1.82, 2.24) is 9.78 Å². The minimum absolute atomic E-state index is 0.0480. The van der Waals surface area contributed by atoms with Crippen LogP contribution in [0, 0.1) is 20.8 Å². The highest BCUT2D eigenvalue weighted by molar-refractivity contribution is 6.01. The number of nitrogens with zero attached hydrogens (tertiary/aromatic N) is 2. The number of Topliss-reactive ketones (excluding diaryl/α,β-unsaturated/α-hetero) is 1. The zero-order valence-corrected chi connectivity index (χ0v) is 16.5. The van der Waals surface area contributed by atoms with E-state index in [1.165, 1.54) is 12.5 Å². The van der Waals surface area contributed by atoms with E-state index in [0.717, 1.165) is 17.0 Å². The summed E-state index contributed by atoms with van der Waals surface area (Å²) in [6.45, 7) is 7.99. The van der Waals surface area contributed by atoms with Crippen LogP contribution in [0.2, 0.25) is 0 Å². The van der Waals surface area contributed by atoms with Crippen LogP contribution >= 0.6 is 0 Å². The molecule has 3 aromatic rings. The highest BCUT2D eigenvalue weighted by Crippen LogP contribution is 2.21. The van der Waals surface area contributed by atoms with Crippen molar-refractivity contribution in [3.8, 4) is 0 Å². The zero-order valence-electron chi connectivity index (χ0n) is 16.5. The van der Waals surface area contributed by atoms with Gasteiger partial charge in [0, 0.05) is 11.3 Å². The lowest BCUT2D eigenvalue weighted by Crippen LogP contribution is -2.20. The van der Waals surface area contributed by atoms with E-state index in [9.17, 15) is 9.59 Å². The average molecular weight is 376 g/mol. The number of carbonyl (C=O) groups excluding carboxylic acids is 2. The Morgan fingerprint density at radius 2 is 1.75 bits per heavy atom. The summed E-state index contributed by atoms with van der Waals surface area (Å²) in [7, 11) is 0. The Bertz CT molecular complexity index is 1040. The van der Waals surface area contributed by atoms with Crippen LogP contribution in [0.3, 0.4) is 0 Å². The first kappa shape index (κ1) is 19.4. The Morgan fingerprint density at radius 1 is 1.00 bits per heavy atom. The molecule has 6 heteroatoms. The molecule has 0 radical (unpaired) electrons. The normalized spacial score (nSPS) is 10.6. The molecule has 1 aromatic heterocycles. The molecule has 3 rings (SSSR count). The fourth-order valence-electron chi connectivity index (χ4n) is 3.11. The highest BCUT2D eigenvalue weighted by atomic mass is 16.2. The second-order valence-corrected chi connectivity index (χ2v) is 6.91. The number of benzene rings is 2. The van der Waals surface area contributed by atoms with Gasteiger partial charge in [0.1, 0.15) is 0 Å². The molecule has 0 aliphatic carbocycles. The number of hydrogen-bond acceptors (Lipinski definition) is 3. The Kier molecular flexibility index (Phi) is 5.59. The van der Waals surface area contributed by atoms with Crippen molar-refractivity contribution in [2.24, 2.45) is 0 Å². The van der Waals surface area contributed by atoms with E-state index in [2.05, 4.69) is 40.9 Å². The summed E-state index contributed by atoms with van der Waals surface area (Å²) in [5.41, 5.74) is 5.79. The fourth-order valence-corrected chi connectivity index (χ4v) is 3.11. The molecule has 6 nitrogen and oxygen atoms in total. The molecule has 0 fully saturated rings. The van der Waals surface area contributed by atoms with Gasteiger partial charge in [-0.25, -0.2) is 4.79 Å². The molecule has 0 spiro atoms. The summed E-state index contributed by atoms with van der Waals surface area (Å²) in [5.74, 6) is -0.0480. The van der Waals surface area contributed by atoms with Crippen molar-refractivity contribution in [2.75, 3.05) is 10.6 Å². The number of nitrogens with one attached hydrogen (secondary N) is 2. The number of hydrogen-bond donors (Lipinski definition) is 2. The van der Waals surface area contributed by atoms with Crippen LogP contribution in [0.15, 0.2) is 48.5 Å². The largest absolute Gasteiger partial charge is 0.323 e. The maximum absolute atomic E-state index is 12.4. The molecule has 2 N–H and O–H groups in total. The smallest absolute Gasteiger partial charge is 0.308 e. The third kappa shape index (κ3) is 4.46. The SMILES string of the molecule is CC(=O)c1cccc(NC(=O)Nc2c(C)nn(Cc3cccc(C)c3)c2C)c1. The van der Waals surface area contributed by atoms with E-state index in [-0.39, 0.29) is 11.8 Å². The minimum atomic E-state index is -0.373. The molecule has 0 atom stereocenters. The highest BCUT2D eigenvalue weighted by Gasteiger charge is 2.15. The van der Waals surface area contributed by atoms with Gasteiger partial charge in [-0.1, -0.05) is 42.0 Å². The van der Waals surface area contributed by atoms with Crippen molar-refractivity contribution >= 4 is 23.2 Å². The van der Waals surface area contributed by atoms with E-state index in [1.54, 1.807) is 24.3 Å². The lowest BCUT2D eigenvalue weighted by atomic mass is 10.1. The van der Waals surface area contributed by atoms with E-state index in [0.29, 0.717) is 23.5 Å². The number of anilines is 2. The number of aryl methyl sites for hydroxylation is 2. The van der Waals surface area contributed by atoms with Gasteiger partial charge in [0.15, 0.2) is 5.78 Å². The molecule has 144 valence electrons. The number of ketones is 1. The molecule has 0 aliphatic heterocycles. The van der Waals surface area contributed by atoms with Crippen molar-refractivity contribution < 1.29 is 9.59 Å². The van der Waals surface area contributed by atoms with E-state index in [4.69, 9.17) is 0 Å². The van der Waals surface area contributed by atoms with Crippen LogP contribution in [-0.4, -0.2) is 21.6 Å². The number of aromatic nitrogens is 2. The summed E-state index contributed by atoms with van der Waals surface area (Å²) in [6, 6.07) is 14.8. The molecule has 0 saturated heterocycles. The minimum Gasteiger partial charge on any atom is -0.308 e. The second kappa shape index (κ2) is 8.08. The van der Waals surface area contributed by atoms with Crippen molar-refractivity contribution in [2.45, 2.75) is 34.2 Å². The third-order valence-corrected chi connectivity index (χ3v) is 4.56. The van der Waals surface area contributed by atoms with Gasteiger partial charge in [-0.3, -0.25) is 9.48 Å². The van der Waals surface area contributed by atoms with Crippen LogP contribution in [0.1, 0.15) is 39.8 Å². The van der Waals surface area contributed by atoms with Gasteiger partial charge in [-0.2, -0.15) is 5.10 Å². The van der Waals surface area contributed by atoms with E-state index >= 15 is 0 Å². The van der Waals surface area contributed by atoms with Gasteiger partial charge in [-0.05, 0) is 45.4 Å². The molecule has 28 heavy (non-hydrogen) atoms. The Labute approximate surface area is 164 Å². The third-order valence-electron chi connectivity index (χ3n) is 4.56. The number of amides is 2. The number of rotatable bonds is 5. The average Bonchev–Trinajstić information content (AvgIpc) is 2.89.